The minimum absolute atomic E-state index is 0.0373. The molecular weight excluding hydrogens is 305 g/mol. The van der Waals surface area contributed by atoms with Crippen molar-refractivity contribution in [2.75, 3.05) is 5.32 Å². The second-order valence-electron chi connectivity index (χ2n) is 4.06. The van der Waals surface area contributed by atoms with Gasteiger partial charge in [0.25, 0.3) is 0 Å². The summed E-state index contributed by atoms with van der Waals surface area (Å²) in [4.78, 5) is 6.50. The summed E-state index contributed by atoms with van der Waals surface area (Å²) in [7, 11) is 0. The molecule has 0 aliphatic heterocycles. The third-order valence-electron chi connectivity index (χ3n) is 2.48. The third kappa shape index (κ3) is 4.07. The molecule has 0 atom stereocenters. The van der Waals surface area contributed by atoms with Crippen LogP contribution in [0.15, 0.2) is 30.3 Å². The van der Waals surface area contributed by atoms with Crippen LogP contribution in [0, 0.1) is 11.3 Å². The maximum absolute atomic E-state index is 12.6. The van der Waals surface area contributed by atoms with E-state index in [1.54, 1.807) is 24.3 Å². The van der Waals surface area contributed by atoms with Crippen LogP contribution in [0.5, 0.6) is 0 Å². The summed E-state index contributed by atoms with van der Waals surface area (Å²) < 4.78 is 37.7. The number of rotatable bonds is 3. The topological polar surface area (TPSA) is 61.6 Å². The van der Waals surface area contributed by atoms with Crippen molar-refractivity contribution in [2.45, 2.75) is 12.7 Å². The molecule has 2 aromatic rings. The van der Waals surface area contributed by atoms with Gasteiger partial charge in [-0.25, -0.2) is 9.97 Å². The van der Waals surface area contributed by atoms with E-state index in [9.17, 15) is 13.2 Å². The van der Waals surface area contributed by atoms with E-state index in [-0.39, 0.29) is 17.5 Å². The molecule has 0 unspecified atom stereocenters. The number of alkyl halides is 3. The summed E-state index contributed by atoms with van der Waals surface area (Å²) in [5.74, 6) is -1.34. The van der Waals surface area contributed by atoms with Crippen LogP contribution in [0.3, 0.4) is 0 Å². The highest BCUT2D eigenvalue weighted by Crippen LogP contribution is 2.28. The molecule has 1 N–H and O–H groups in total. The number of halogens is 4. The molecule has 8 heteroatoms. The Bertz CT molecular complexity index is 695. The maximum Gasteiger partial charge on any atom is 0.451 e. The number of anilines is 1. The van der Waals surface area contributed by atoms with Gasteiger partial charge in [-0.1, -0.05) is 23.7 Å². The van der Waals surface area contributed by atoms with Crippen molar-refractivity contribution in [3.8, 4) is 6.07 Å². The van der Waals surface area contributed by atoms with Crippen molar-refractivity contribution in [1.29, 1.82) is 5.26 Å². The quantitative estimate of drug-likeness (QED) is 0.879. The van der Waals surface area contributed by atoms with E-state index < -0.39 is 12.0 Å². The Morgan fingerprint density at radius 2 is 2.00 bits per heavy atom. The van der Waals surface area contributed by atoms with Gasteiger partial charge in [-0.2, -0.15) is 18.4 Å². The van der Waals surface area contributed by atoms with Gasteiger partial charge in [-0.05, 0) is 17.7 Å². The van der Waals surface area contributed by atoms with Crippen LogP contribution in [0.25, 0.3) is 0 Å². The Kier molecular flexibility index (Phi) is 4.29. The molecular formula is C13H8ClF3N4. The highest BCUT2D eigenvalue weighted by molar-refractivity contribution is 6.29. The number of nitrogens with zero attached hydrogens (tertiary/aromatic N) is 3. The summed E-state index contributed by atoms with van der Waals surface area (Å²) in [6.07, 6.45) is -4.66. The van der Waals surface area contributed by atoms with E-state index in [4.69, 9.17) is 16.9 Å². The number of hydrogen-bond donors (Lipinski definition) is 1. The Morgan fingerprint density at radius 3 is 2.67 bits per heavy atom. The lowest BCUT2D eigenvalue weighted by molar-refractivity contribution is -0.144. The highest BCUT2D eigenvalue weighted by Gasteiger charge is 2.35. The first-order chi connectivity index (χ1) is 9.88. The van der Waals surface area contributed by atoms with E-state index in [0.29, 0.717) is 5.56 Å². The van der Waals surface area contributed by atoms with E-state index in [2.05, 4.69) is 15.3 Å². The van der Waals surface area contributed by atoms with E-state index in [1.807, 2.05) is 6.07 Å². The Labute approximate surface area is 123 Å². The average Bonchev–Trinajstić information content (AvgIpc) is 2.44. The number of hydrogen-bond acceptors (Lipinski definition) is 4. The molecule has 0 amide bonds. The Balaban J connectivity index is 2.16. The van der Waals surface area contributed by atoms with Crippen molar-refractivity contribution in [3.63, 3.8) is 0 Å². The molecule has 1 aromatic carbocycles. The SMILES string of the molecule is N#Cc1cccc(CNc2cc(Cl)nc(C(F)(F)F)n2)c1. The number of aromatic nitrogens is 2. The van der Waals surface area contributed by atoms with Crippen LogP contribution >= 0.6 is 11.6 Å². The van der Waals surface area contributed by atoms with Crippen LogP contribution in [-0.2, 0) is 12.7 Å². The van der Waals surface area contributed by atoms with Gasteiger partial charge in [0, 0.05) is 12.6 Å². The predicted molar refractivity (Wildman–Crippen MR) is 70.5 cm³/mol. The zero-order chi connectivity index (χ0) is 15.5. The van der Waals surface area contributed by atoms with E-state index in [1.165, 1.54) is 6.07 Å². The molecule has 2 rings (SSSR count). The lowest BCUT2D eigenvalue weighted by atomic mass is 10.1. The number of nitrogens with one attached hydrogen (secondary N) is 1. The van der Waals surface area contributed by atoms with E-state index in [0.717, 1.165) is 5.56 Å². The van der Waals surface area contributed by atoms with Crippen molar-refractivity contribution in [2.24, 2.45) is 0 Å². The number of benzene rings is 1. The summed E-state index contributed by atoms with van der Waals surface area (Å²) in [5.41, 5.74) is 1.20. The molecule has 0 fully saturated rings. The van der Waals surface area contributed by atoms with Gasteiger partial charge in [0.2, 0.25) is 5.82 Å². The lowest BCUT2D eigenvalue weighted by Gasteiger charge is -2.09. The van der Waals surface area contributed by atoms with Crippen molar-refractivity contribution in [1.82, 2.24) is 9.97 Å². The molecule has 0 aliphatic rings. The molecule has 1 aromatic heterocycles. The standard InChI is InChI=1S/C13H8ClF3N4/c14-10-5-11(21-12(20-10)13(15,16)17)19-7-9-3-1-2-8(4-9)6-18/h1-5H,7H2,(H,19,20,21). The van der Waals surface area contributed by atoms with Crippen LogP contribution < -0.4 is 5.32 Å². The Morgan fingerprint density at radius 1 is 1.24 bits per heavy atom. The van der Waals surface area contributed by atoms with Crippen LogP contribution in [0.4, 0.5) is 19.0 Å². The predicted octanol–water partition coefficient (Wildman–Crippen LogP) is 3.63. The van der Waals surface area contributed by atoms with Crippen molar-refractivity contribution in [3.05, 3.63) is 52.4 Å². The van der Waals surface area contributed by atoms with Gasteiger partial charge in [-0.3, -0.25) is 0 Å². The first-order valence-corrected chi connectivity index (χ1v) is 6.11. The fourth-order valence-corrected chi connectivity index (χ4v) is 1.76. The van der Waals surface area contributed by atoms with Gasteiger partial charge in [0.1, 0.15) is 11.0 Å². The van der Waals surface area contributed by atoms with Gasteiger partial charge in [0.05, 0.1) is 11.6 Å². The minimum Gasteiger partial charge on any atom is -0.366 e. The largest absolute Gasteiger partial charge is 0.451 e. The monoisotopic (exact) mass is 312 g/mol. The maximum atomic E-state index is 12.6. The summed E-state index contributed by atoms with van der Waals surface area (Å²) >= 11 is 5.55. The molecule has 21 heavy (non-hydrogen) atoms. The van der Waals surface area contributed by atoms with Crippen LogP contribution in [0.2, 0.25) is 5.15 Å². The number of nitriles is 1. The second kappa shape index (κ2) is 5.97. The van der Waals surface area contributed by atoms with Gasteiger partial charge in [-0.15, -0.1) is 0 Å². The summed E-state index contributed by atoms with van der Waals surface area (Å²) in [6.45, 7) is 0.208. The third-order valence-corrected chi connectivity index (χ3v) is 2.67. The first kappa shape index (κ1) is 15.1. The molecule has 0 aliphatic carbocycles. The molecule has 108 valence electrons. The van der Waals surface area contributed by atoms with Gasteiger partial charge >= 0.3 is 6.18 Å². The zero-order valence-electron chi connectivity index (χ0n) is 10.4. The highest BCUT2D eigenvalue weighted by atomic mass is 35.5. The fourth-order valence-electron chi connectivity index (χ4n) is 1.58. The average molecular weight is 313 g/mol. The molecule has 0 bridgehead atoms. The first-order valence-electron chi connectivity index (χ1n) is 5.73. The van der Waals surface area contributed by atoms with Crippen LogP contribution in [0.1, 0.15) is 17.0 Å². The molecule has 0 saturated heterocycles. The Hall–Kier alpha value is -2.33. The fraction of sp³-hybridized carbons (Fsp3) is 0.154. The molecule has 4 nitrogen and oxygen atoms in total. The molecule has 0 saturated carbocycles. The van der Waals surface area contributed by atoms with Gasteiger partial charge in [0.15, 0.2) is 0 Å². The summed E-state index contributed by atoms with van der Waals surface area (Å²) in [5, 5.41) is 11.2. The molecule has 0 radical (unpaired) electrons. The van der Waals surface area contributed by atoms with Gasteiger partial charge < -0.3 is 5.32 Å². The van der Waals surface area contributed by atoms with Crippen molar-refractivity contribution >= 4 is 17.4 Å². The van der Waals surface area contributed by atoms with E-state index >= 15 is 0 Å². The van der Waals surface area contributed by atoms with Crippen molar-refractivity contribution < 1.29 is 13.2 Å². The minimum atomic E-state index is -4.66. The zero-order valence-corrected chi connectivity index (χ0v) is 11.2. The lowest BCUT2D eigenvalue weighted by Crippen LogP contribution is -2.13. The molecule has 1 heterocycles. The second-order valence-corrected chi connectivity index (χ2v) is 4.45. The smallest absolute Gasteiger partial charge is 0.366 e. The normalized spacial score (nSPS) is 11.0. The van der Waals surface area contributed by atoms with Crippen LogP contribution in [-0.4, -0.2) is 9.97 Å². The summed E-state index contributed by atoms with van der Waals surface area (Å²) in [6, 6.07) is 9.86. The molecule has 0 spiro atoms.